The van der Waals surface area contributed by atoms with Gasteiger partial charge in [-0.3, -0.25) is 0 Å². The summed E-state index contributed by atoms with van der Waals surface area (Å²) in [5.41, 5.74) is 8.38. The molecule has 1 fully saturated rings. The van der Waals surface area contributed by atoms with Gasteiger partial charge < -0.3 is 5.73 Å². The normalized spacial score (nSPS) is 16.3. The van der Waals surface area contributed by atoms with Crippen LogP contribution in [-0.4, -0.2) is 0 Å². The van der Waals surface area contributed by atoms with Crippen molar-refractivity contribution in [2.75, 3.05) is 0 Å². The molecule has 5 heteroatoms. The van der Waals surface area contributed by atoms with Crippen LogP contribution >= 0.6 is 12.4 Å². The van der Waals surface area contributed by atoms with Gasteiger partial charge in [0.2, 0.25) is 0 Å². The third-order valence-electron chi connectivity index (χ3n) is 4.50. The van der Waals surface area contributed by atoms with E-state index in [1.807, 2.05) is 24.3 Å². The molecule has 1 atom stereocenters. The maximum absolute atomic E-state index is 12.6. The summed E-state index contributed by atoms with van der Waals surface area (Å²) in [6.45, 7) is 0. The monoisotopic (exact) mass is 341 g/mol. The van der Waals surface area contributed by atoms with Gasteiger partial charge in [0.15, 0.2) is 0 Å². The fraction of sp³-hybridized carbons (Fsp3) is 0.333. The summed E-state index contributed by atoms with van der Waals surface area (Å²) in [7, 11) is 0. The lowest BCUT2D eigenvalue weighted by Gasteiger charge is -2.31. The molecular weight excluding hydrogens is 323 g/mol. The van der Waals surface area contributed by atoms with E-state index in [1.165, 1.54) is 31.4 Å². The number of nitrogens with two attached hydrogens (primary N) is 1. The molecule has 1 nitrogen and oxygen atoms in total. The summed E-state index contributed by atoms with van der Waals surface area (Å²) in [5.74, 6) is 0.567. The van der Waals surface area contributed by atoms with Gasteiger partial charge in [-0.25, -0.2) is 0 Å². The van der Waals surface area contributed by atoms with Crippen molar-refractivity contribution < 1.29 is 13.2 Å². The van der Waals surface area contributed by atoms with Gasteiger partial charge in [0, 0.05) is 6.04 Å². The molecule has 2 aromatic rings. The molecule has 3 rings (SSSR count). The van der Waals surface area contributed by atoms with E-state index in [9.17, 15) is 13.2 Å². The smallest absolute Gasteiger partial charge is 0.324 e. The highest BCUT2D eigenvalue weighted by atomic mass is 35.5. The Labute approximate surface area is 140 Å². The molecule has 0 spiro atoms. The maximum Gasteiger partial charge on any atom is 0.416 e. The standard InChI is InChI=1S/C18H18F3N.ClH/c19-18(20,21)16-10-8-13(9-11-16)12-4-6-15(7-5-12)17(22)14-2-1-3-14;/h4-11,14,17H,1-3,22H2;1H/t17-;/m0./s1. The summed E-state index contributed by atoms with van der Waals surface area (Å²) in [5, 5.41) is 0. The first-order valence-corrected chi connectivity index (χ1v) is 7.48. The van der Waals surface area contributed by atoms with Gasteiger partial charge in [0.05, 0.1) is 5.56 Å². The molecule has 0 aliphatic heterocycles. The zero-order valence-electron chi connectivity index (χ0n) is 12.5. The minimum Gasteiger partial charge on any atom is -0.324 e. The van der Waals surface area contributed by atoms with Crippen LogP contribution < -0.4 is 5.73 Å². The first-order valence-electron chi connectivity index (χ1n) is 7.48. The largest absolute Gasteiger partial charge is 0.416 e. The van der Waals surface area contributed by atoms with Crippen molar-refractivity contribution in [1.82, 2.24) is 0 Å². The summed E-state index contributed by atoms with van der Waals surface area (Å²) in [6, 6.07) is 13.1. The zero-order valence-corrected chi connectivity index (χ0v) is 13.3. The van der Waals surface area contributed by atoms with E-state index in [-0.39, 0.29) is 18.4 Å². The van der Waals surface area contributed by atoms with Crippen LogP contribution in [0.15, 0.2) is 48.5 Å². The molecule has 1 saturated carbocycles. The lowest BCUT2D eigenvalue weighted by molar-refractivity contribution is -0.137. The molecule has 0 heterocycles. The number of benzene rings is 2. The van der Waals surface area contributed by atoms with E-state index in [0.29, 0.717) is 5.92 Å². The number of alkyl halides is 3. The van der Waals surface area contributed by atoms with Gasteiger partial charge in [0.1, 0.15) is 0 Å². The molecule has 124 valence electrons. The maximum atomic E-state index is 12.6. The topological polar surface area (TPSA) is 26.0 Å². The van der Waals surface area contributed by atoms with Crippen molar-refractivity contribution in [1.29, 1.82) is 0 Å². The van der Waals surface area contributed by atoms with E-state index in [2.05, 4.69) is 0 Å². The molecule has 2 N–H and O–H groups in total. The first kappa shape index (κ1) is 17.8. The van der Waals surface area contributed by atoms with Crippen LogP contribution in [0.25, 0.3) is 11.1 Å². The van der Waals surface area contributed by atoms with Crippen LogP contribution in [0.4, 0.5) is 13.2 Å². The van der Waals surface area contributed by atoms with Crippen molar-refractivity contribution in [2.24, 2.45) is 11.7 Å². The summed E-state index contributed by atoms with van der Waals surface area (Å²) in [6.07, 6.45) is -0.677. The van der Waals surface area contributed by atoms with Crippen molar-refractivity contribution in [3.8, 4) is 11.1 Å². The highest BCUT2D eigenvalue weighted by Crippen LogP contribution is 2.36. The van der Waals surface area contributed by atoms with Gasteiger partial charge in [-0.15, -0.1) is 12.4 Å². The van der Waals surface area contributed by atoms with Crippen LogP contribution in [0.5, 0.6) is 0 Å². The van der Waals surface area contributed by atoms with Crippen molar-refractivity contribution in [3.63, 3.8) is 0 Å². The second-order valence-corrected chi connectivity index (χ2v) is 5.91. The van der Waals surface area contributed by atoms with Gasteiger partial charge >= 0.3 is 6.18 Å². The van der Waals surface area contributed by atoms with Crippen molar-refractivity contribution >= 4 is 12.4 Å². The Morgan fingerprint density at radius 3 is 1.74 bits per heavy atom. The lowest BCUT2D eigenvalue weighted by atomic mass is 9.77. The first-order chi connectivity index (χ1) is 10.4. The number of rotatable bonds is 3. The summed E-state index contributed by atoms with van der Waals surface area (Å²) >= 11 is 0. The highest BCUT2D eigenvalue weighted by Gasteiger charge is 2.30. The molecule has 1 aliphatic carbocycles. The third kappa shape index (κ3) is 3.88. The lowest BCUT2D eigenvalue weighted by Crippen LogP contribution is -2.26. The summed E-state index contributed by atoms with van der Waals surface area (Å²) < 4.78 is 37.7. The second-order valence-electron chi connectivity index (χ2n) is 5.91. The second kappa shape index (κ2) is 6.93. The quantitative estimate of drug-likeness (QED) is 0.773. The molecule has 0 aromatic heterocycles. The Morgan fingerprint density at radius 1 is 0.870 bits per heavy atom. The van der Waals surface area contributed by atoms with Gasteiger partial charge in [0.25, 0.3) is 0 Å². The average Bonchev–Trinajstić information content (AvgIpc) is 2.45. The van der Waals surface area contributed by atoms with Crippen LogP contribution in [-0.2, 0) is 6.18 Å². The Bertz CT molecular complexity index is 631. The Balaban J connectivity index is 0.00000192. The molecule has 1 aliphatic rings. The van der Waals surface area contributed by atoms with Crippen LogP contribution in [0, 0.1) is 5.92 Å². The molecule has 0 amide bonds. The van der Waals surface area contributed by atoms with Gasteiger partial charge in [-0.2, -0.15) is 13.2 Å². The number of hydrogen-bond donors (Lipinski definition) is 1. The molecule has 23 heavy (non-hydrogen) atoms. The van der Waals surface area contributed by atoms with E-state index in [0.717, 1.165) is 28.8 Å². The zero-order chi connectivity index (χ0) is 15.7. The predicted octanol–water partition coefficient (Wildman–Crippen LogP) is 5.59. The molecular formula is C18H19ClF3N. The van der Waals surface area contributed by atoms with Crippen LogP contribution in [0.3, 0.4) is 0 Å². The molecule has 0 saturated heterocycles. The highest BCUT2D eigenvalue weighted by molar-refractivity contribution is 5.85. The molecule has 0 radical (unpaired) electrons. The molecule has 2 aromatic carbocycles. The number of hydrogen-bond acceptors (Lipinski definition) is 1. The molecule has 0 bridgehead atoms. The van der Waals surface area contributed by atoms with Crippen molar-refractivity contribution in [2.45, 2.75) is 31.5 Å². The van der Waals surface area contributed by atoms with E-state index >= 15 is 0 Å². The fourth-order valence-electron chi connectivity index (χ4n) is 2.82. The van der Waals surface area contributed by atoms with E-state index < -0.39 is 11.7 Å². The van der Waals surface area contributed by atoms with Crippen LogP contribution in [0.2, 0.25) is 0 Å². The SMILES string of the molecule is Cl.N[C@H](c1ccc(-c2ccc(C(F)(F)F)cc2)cc1)C1CCC1. The predicted molar refractivity (Wildman–Crippen MR) is 88.4 cm³/mol. The van der Waals surface area contributed by atoms with Crippen molar-refractivity contribution in [3.05, 3.63) is 59.7 Å². The third-order valence-corrected chi connectivity index (χ3v) is 4.50. The minimum absolute atomic E-state index is 0. The average molecular weight is 342 g/mol. The Hall–Kier alpha value is -1.52. The minimum atomic E-state index is -4.29. The van der Waals surface area contributed by atoms with E-state index in [1.54, 1.807) is 0 Å². The fourth-order valence-corrected chi connectivity index (χ4v) is 2.82. The Kier molecular flexibility index (Phi) is 5.37. The number of halogens is 4. The van der Waals surface area contributed by atoms with Gasteiger partial charge in [-0.05, 0) is 47.6 Å². The summed E-state index contributed by atoms with van der Waals surface area (Å²) in [4.78, 5) is 0. The van der Waals surface area contributed by atoms with Gasteiger partial charge in [-0.1, -0.05) is 42.8 Å². The molecule has 0 unspecified atom stereocenters. The van der Waals surface area contributed by atoms with E-state index in [4.69, 9.17) is 5.73 Å². The van der Waals surface area contributed by atoms with Crippen LogP contribution in [0.1, 0.15) is 36.4 Å². The Morgan fingerprint density at radius 2 is 1.35 bits per heavy atom.